The zero-order valence-corrected chi connectivity index (χ0v) is 16.6. The van der Waals surface area contributed by atoms with Gasteiger partial charge in [-0.2, -0.15) is 0 Å². The first-order valence-corrected chi connectivity index (χ1v) is 10.1. The zero-order chi connectivity index (χ0) is 20.6. The lowest BCUT2D eigenvalue weighted by molar-refractivity contribution is 0.617. The van der Waals surface area contributed by atoms with Gasteiger partial charge in [-0.15, -0.1) is 0 Å². The fourth-order valence-corrected chi connectivity index (χ4v) is 3.92. The van der Waals surface area contributed by atoms with E-state index in [0.717, 1.165) is 33.5 Å². The quantitative estimate of drug-likeness (QED) is 0.329. The molecular weight excluding hydrogens is 382 g/mol. The molecule has 0 aliphatic rings. The molecule has 0 fully saturated rings. The van der Waals surface area contributed by atoms with Gasteiger partial charge in [0.2, 0.25) is 5.89 Å². The Kier molecular flexibility index (Phi) is 4.06. The number of hydrogen-bond donors (Lipinski definition) is 0. The zero-order valence-electron chi connectivity index (χ0n) is 16.6. The van der Waals surface area contributed by atoms with Crippen LogP contribution < -0.4 is 0 Å². The summed E-state index contributed by atoms with van der Waals surface area (Å²) in [6, 6.07) is 30.6. The highest BCUT2D eigenvalue weighted by Gasteiger charge is 2.15. The van der Waals surface area contributed by atoms with Crippen LogP contribution >= 0.6 is 0 Å². The number of aromatic nitrogens is 3. The van der Waals surface area contributed by atoms with Gasteiger partial charge in [0, 0.05) is 18.0 Å². The summed E-state index contributed by atoms with van der Waals surface area (Å²) in [5.74, 6) is 0.508. The van der Waals surface area contributed by atoms with Crippen LogP contribution in [0.3, 0.4) is 0 Å². The van der Waals surface area contributed by atoms with E-state index in [1.54, 1.807) is 6.20 Å². The summed E-state index contributed by atoms with van der Waals surface area (Å²) in [4.78, 5) is 13.8. The number of benzene rings is 3. The van der Waals surface area contributed by atoms with E-state index < -0.39 is 0 Å². The molecule has 0 spiro atoms. The highest BCUT2D eigenvalue weighted by Crippen LogP contribution is 2.34. The first kappa shape index (κ1) is 17.5. The van der Waals surface area contributed by atoms with Gasteiger partial charge in [-0.3, -0.25) is 4.98 Å². The van der Waals surface area contributed by atoms with Crippen LogP contribution in [0.25, 0.3) is 55.8 Å². The molecule has 0 unspecified atom stereocenters. The molecule has 0 amide bonds. The van der Waals surface area contributed by atoms with E-state index in [2.05, 4.69) is 58.5 Å². The lowest BCUT2D eigenvalue weighted by atomic mass is 9.97. The van der Waals surface area contributed by atoms with E-state index in [1.807, 2.05) is 48.7 Å². The minimum atomic E-state index is 0.508. The molecule has 0 saturated carbocycles. The number of oxazole rings is 1. The third-order valence-electron chi connectivity index (χ3n) is 5.40. The third-order valence-corrected chi connectivity index (χ3v) is 5.40. The number of rotatable bonds is 3. The standard InChI is InChI=1S/C27H17N3O/c1-2-10-21-18(7-1)8-5-11-22(21)20-15-24(19-9-6-14-28-17-19)29-25(16-20)27-30-23-12-3-4-13-26(23)31-27/h1-17H. The minimum Gasteiger partial charge on any atom is -0.435 e. The van der Waals surface area contributed by atoms with Gasteiger partial charge in [-0.05, 0) is 58.3 Å². The van der Waals surface area contributed by atoms with E-state index in [4.69, 9.17) is 9.40 Å². The predicted octanol–water partition coefficient (Wildman–Crippen LogP) is 6.77. The summed E-state index contributed by atoms with van der Waals surface area (Å²) < 4.78 is 6.03. The van der Waals surface area contributed by atoms with Gasteiger partial charge in [0.05, 0.1) is 5.69 Å². The number of fused-ring (bicyclic) bond motifs is 2. The van der Waals surface area contributed by atoms with Crippen LogP contribution in [0.5, 0.6) is 0 Å². The van der Waals surface area contributed by atoms with Crippen molar-refractivity contribution >= 4 is 21.9 Å². The molecule has 3 heterocycles. The van der Waals surface area contributed by atoms with Crippen molar-refractivity contribution in [3.05, 3.63) is 103 Å². The first-order valence-electron chi connectivity index (χ1n) is 10.1. The number of para-hydroxylation sites is 2. The van der Waals surface area contributed by atoms with Crippen LogP contribution in [-0.2, 0) is 0 Å². The lowest BCUT2D eigenvalue weighted by Crippen LogP contribution is -1.92. The van der Waals surface area contributed by atoms with Crippen LogP contribution in [0.15, 0.2) is 108 Å². The molecule has 4 heteroatoms. The summed E-state index contributed by atoms with van der Waals surface area (Å²) >= 11 is 0. The third kappa shape index (κ3) is 3.15. The Morgan fingerprint density at radius 2 is 1.48 bits per heavy atom. The van der Waals surface area contributed by atoms with Gasteiger partial charge >= 0.3 is 0 Å². The first-order chi connectivity index (χ1) is 15.3. The average Bonchev–Trinajstić information content (AvgIpc) is 3.28. The van der Waals surface area contributed by atoms with Gasteiger partial charge in [-0.1, -0.05) is 54.6 Å². The summed E-state index contributed by atoms with van der Waals surface area (Å²) in [6.45, 7) is 0. The topological polar surface area (TPSA) is 51.8 Å². The Labute approximate surface area is 178 Å². The molecule has 0 aliphatic carbocycles. The van der Waals surface area contributed by atoms with Crippen molar-refractivity contribution in [3.8, 4) is 34.0 Å². The van der Waals surface area contributed by atoms with Crippen molar-refractivity contribution in [3.63, 3.8) is 0 Å². The van der Waals surface area contributed by atoms with Crippen LogP contribution in [0.2, 0.25) is 0 Å². The number of nitrogens with zero attached hydrogens (tertiary/aromatic N) is 3. The molecule has 6 rings (SSSR count). The maximum atomic E-state index is 6.03. The molecule has 146 valence electrons. The predicted molar refractivity (Wildman–Crippen MR) is 123 cm³/mol. The van der Waals surface area contributed by atoms with Gasteiger partial charge < -0.3 is 4.42 Å². The van der Waals surface area contributed by atoms with Crippen molar-refractivity contribution in [2.24, 2.45) is 0 Å². The van der Waals surface area contributed by atoms with Gasteiger partial charge in [0.15, 0.2) is 5.58 Å². The summed E-state index contributed by atoms with van der Waals surface area (Å²) in [7, 11) is 0. The van der Waals surface area contributed by atoms with E-state index in [1.165, 1.54) is 10.8 Å². The summed E-state index contributed by atoms with van der Waals surface area (Å²) in [5, 5.41) is 2.39. The maximum Gasteiger partial charge on any atom is 0.246 e. The molecule has 0 aliphatic heterocycles. The Bertz CT molecular complexity index is 1500. The Morgan fingerprint density at radius 3 is 2.39 bits per heavy atom. The van der Waals surface area contributed by atoms with E-state index in [9.17, 15) is 0 Å². The Hall–Kier alpha value is -4.31. The van der Waals surface area contributed by atoms with E-state index in [-0.39, 0.29) is 0 Å². The molecule has 3 aromatic heterocycles. The van der Waals surface area contributed by atoms with Crippen LogP contribution in [0.1, 0.15) is 0 Å². The highest BCUT2D eigenvalue weighted by atomic mass is 16.3. The molecule has 0 N–H and O–H groups in total. The fourth-order valence-electron chi connectivity index (χ4n) is 3.92. The smallest absolute Gasteiger partial charge is 0.246 e. The molecule has 6 aromatic rings. The van der Waals surface area contributed by atoms with Crippen molar-refractivity contribution in [2.75, 3.05) is 0 Å². The number of hydrogen-bond acceptors (Lipinski definition) is 4. The second-order valence-corrected chi connectivity index (χ2v) is 7.38. The average molecular weight is 399 g/mol. The van der Waals surface area contributed by atoms with Crippen molar-refractivity contribution in [1.82, 2.24) is 15.0 Å². The molecule has 0 bridgehead atoms. The van der Waals surface area contributed by atoms with Gasteiger partial charge in [-0.25, -0.2) is 9.97 Å². The molecule has 31 heavy (non-hydrogen) atoms. The molecule has 3 aromatic carbocycles. The Balaban J connectivity index is 1.61. The Morgan fingerprint density at radius 1 is 0.645 bits per heavy atom. The molecular formula is C27H17N3O. The van der Waals surface area contributed by atoms with Gasteiger partial charge in [0.1, 0.15) is 11.2 Å². The highest BCUT2D eigenvalue weighted by molar-refractivity contribution is 5.97. The normalized spacial score (nSPS) is 11.2. The lowest BCUT2D eigenvalue weighted by Gasteiger charge is -2.10. The van der Waals surface area contributed by atoms with Crippen molar-refractivity contribution in [2.45, 2.75) is 0 Å². The summed E-state index contributed by atoms with van der Waals surface area (Å²) in [5.41, 5.74) is 6.24. The fraction of sp³-hybridized carbons (Fsp3) is 0. The van der Waals surface area contributed by atoms with Crippen LogP contribution in [0.4, 0.5) is 0 Å². The molecule has 4 nitrogen and oxygen atoms in total. The summed E-state index contributed by atoms with van der Waals surface area (Å²) in [6.07, 6.45) is 3.59. The maximum absolute atomic E-state index is 6.03. The minimum absolute atomic E-state index is 0.508. The molecule has 0 radical (unpaired) electrons. The SMILES string of the molecule is c1cncc(-c2cc(-c3cccc4ccccc34)cc(-c3nc4ccccc4o3)n2)c1. The monoisotopic (exact) mass is 399 g/mol. The van der Waals surface area contributed by atoms with Crippen LogP contribution in [-0.4, -0.2) is 15.0 Å². The second-order valence-electron chi connectivity index (χ2n) is 7.38. The second kappa shape index (κ2) is 7.18. The molecule has 0 atom stereocenters. The van der Waals surface area contributed by atoms with Crippen molar-refractivity contribution in [1.29, 1.82) is 0 Å². The molecule has 0 saturated heterocycles. The van der Waals surface area contributed by atoms with E-state index >= 15 is 0 Å². The van der Waals surface area contributed by atoms with Crippen molar-refractivity contribution < 1.29 is 4.42 Å². The van der Waals surface area contributed by atoms with E-state index in [0.29, 0.717) is 11.6 Å². The number of pyridine rings is 2. The largest absolute Gasteiger partial charge is 0.435 e. The van der Waals surface area contributed by atoms with Crippen LogP contribution in [0, 0.1) is 0 Å². The van der Waals surface area contributed by atoms with Gasteiger partial charge in [0.25, 0.3) is 0 Å².